The van der Waals surface area contributed by atoms with Crippen LogP contribution in [0.25, 0.3) is 11.6 Å². The molecule has 0 unspecified atom stereocenters. The SMILES string of the molecule is Cc1ccc(-c2nnn(CC(=O)N(Cc3ccccc3F)[C@@H](C(=O)NC3CCCC3)c3ccncc3)n2)o1. The number of benzene rings is 1. The second-order valence-corrected chi connectivity index (χ2v) is 9.34. The number of halogens is 1. The molecule has 0 spiro atoms. The first kappa shape index (κ1) is 25.2. The quantitative estimate of drug-likeness (QED) is 0.360. The van der Waals surface area contributed by atoms with E-state index >= 15 is 0 Å². The minimum Gasteiger partial charge on any atom is -0.458 e. The Balaban J connectivity index is 1.47. The third-order valence-corrected chi connectivity index (χ3v) is 6.59. The summed E-state index contributed by atoms with van der Waals surface area (Å²) in [4.78, 5) is 34.0. The predicted octanol–water partition coefficient (Wildman–Crippen LogP) is 3.60. The van der Waals surface area contributed by atoms with Crippen LogP contribution >= 0.6 is 0 Å². The van der Waals surface area contributed by atoms with Crippen LogP contribution in [0.5, 0.6) is 0 Å². The number of hydrogen-bond acceptors (Lipinski definition) is 7. The molecule has 1 atom stereocenters. The van der Waals surface area contributed by atoms with E-state index in [-0.39, 0.29) is 36.4 Å². The molecular weight excluding hydrogens is 489 g/mol. The Morgan fingerprint density at radius 1 is 1.13 bits per heavy atom. The highest BCUT2D eigenvalue weighted by Crippen LogP contribution is 2.27. The van der Waals surface area contributed by atoms with Crippen molar-refractivity contribution in [3.05, 3.63) is 83.6 Å². The molecule has 1 N–H and O–H groups in total. The van der Waals surface area contributed by atoms with Crippen LogP contribution in [0, 0.1) is 12.7 Å². The monoisotopic (exact) mass is 517 g/mol. The van der Waals surface area contributed by atoms with E-state index in [0.29, 0.717) is 17.1 Å². The molecule has 5 rings (SSSR count). The van der Waals surface area contributed by atoms with E-state index in [0.717, 1.165) is 30.5 Å². The maximum absolute atomic E-state index is 14.7. The van der Waals surface area contributed by atoms with Crippen LogP contribution in [0.2, 0.25) is 0 Å². The van der Waals surface area contributed by atoms with Gasteiger partial charge in [0.05, 0.1) is 0 Å². The molecular formula is C27H28FN7O3. The Kier molecular flexibility index (Phi) is 7.52. The first-order chi connectivity index (χ1) is 18.5. The number of rotatable bonds is 9. The van der Waals surface area contributed by atoms with Gasteiger partial charge in [0.25, 0.3) is 0 Å². The van der Waals surface area contributed by atoms with Crippen LogP contribution in [-0.2, 0) is 22.7 Å². The molecule has 1 fully saturated rings. The highest BCUT2D eigenvalue weighted by molar-refractivity contribution is 5.88. The Morgan fingerprint density at radius 2 is 1.89 bits per heavy atom. The minimum absolute atomic E-state index is 0.0357. The summed E-state index contributed by atoms with van der Waals surface area (Å²) in [6, 6.07) is 12.1. The van der Waals surface area contributed by atoms with Crippen molar-refractivity contribution in [2.45, 2.75) is 57.8 Å². The second kappa shape index (κ2) is 11.3. The van der Waals surface area contributed by atoms with Crippen molar-refractivity contribution in [3.8, 4) is 11.6 Å². The number of hydrogen-bond donors (Lipinski definition) is 1. The molecule has 38 heavy (non-hydrogen) atoms. The average molecular weight is 518 g/mol. The Hall–Kier alpha value is -4.41. The van der Waals surface area contributed by atoms with E-state index < -0.39 is 17.8 Å². The van der Waals surface area contributed by atoms with Gasteiger partial charge >= 0.3 is 0 Å². The summed E-state index contributed by atoms with van der Waals surface area (Å²) in [7, 11) is 0. The lowest BCUT2D eigenvalue weighted by Crippen LogP contribution is -2.47. The lowest BCUT2D eigenvalue weighted by atomic mass is 10.0. The molecule has 0 aliphatic heterocycles. The van der Waals surface area contributed by atoms with E-state index in [1.165, 1.54) is 11.0 Å². The van der Waals surface area contributed by atoms with E-state index in [9.17, 15) is 14.0 Å². The van der Waals surface area contributed by atoms with Crippen molar-refractivity contribution >= 4 is 11.8 Å². The van der Waals surface area contributed by atoms with E-state index in [1.807, 2.05) is 0 Å². The van der Waals surface area contributed by atoms with Crippen LogP contribution in [0.1, 0.15) is 48.6 Å². The van der Waals surface area contributed by atoms with Crippen LogP contribution in [-0.4, -0.2) is 47.9 Å². The summed E-state index contributed by atoms with van der Waals surface area (Å²) in [6.45, 7) is 1.36. The van der Waals surface area contributed by atoms with Crippen LogP contribution in [0.3, 0.4) is 0 Å². The number of amides is 2. The van der Waals surface area contributed by atoms with Gasteiger partial charge in [-0.2, -0.15) is 4.80 Å². The molecule has 1 aliphatic rings. The van der Waals surface area contributed by atoms with Gasteiger partial charge in [-0.1, -0.05) is 31.0 Å². The van der Waals surface area contributed by atoms with Gasteiger partial charge in [-0.15, -0.1) is 10.2 Å². The van der Waals surface area contributed by atoms with Gasteiger partial charge in [0.1, 0.15) is 24.2 Å². The predicted molar refractivity (Wildman–Crippen MR) is 135 cm³/mol. The standard InChI is InChI=1S/C27H28FN7O3/c1-18-10-11-23(38-18)26-31-33-35(32-26)17-24(36)34(16-20-6-2-5-9-22(20)28)25(19-12-14-29-15-13-19)27(37)30-21-7-3-4-8-21/h2,5-6,9-15,21,25H,3-4,7-8,16-17H2,1H3,(H,30,37)/t25-/m1/s1. The highest BCUT2D eigenvalue weighted by atomic mass is 19.1. The van der Waals surface area contributed by atoms with Crippen LogP contribution in [0.4, 0.5) is 4.39 Å². The van der Waals surface area contributed by atoms with Gasteiger partial charge in [-0.25, -0.2) is 4.39 Å². The maximum atomic E-state index is 14.7. The molecule has 1 saturated carbocycles. The molecule has 3 aromatic heterocycles. The van der Waals surface area contributed by atoms with Gasteiger partial charge in [-0.3, -0.25) is 14.6 Å². The first-order valence-electron chi connectivity index (χ1n) is 12.6. The number of nitrogens with one attached hydrogen (secondary N) is 1. The van der Waals surface area contributed by atoms with Gasteiger partial charge in [-0.05, 0) is 60.9 Å². The molecule has 0 radical (unpaired) electrons. The smallest absolute Gasteiger partial charge is 0.247 e. The van der Waals surface area contributed by atoms with E-state index in [2.05, 4.69) is 25.7 Å². The zero-order valence-corrected chi connectivity index (χ0v) is 21.0. The largest absolute Gasteiger partial charge is 0.458 e. The number of aromatic nitrogens is 5. The lowest BCUT2D eigenvalue weighted by molar-refractivity contribution is -0.142. The molecule has 4 aromatic rings. The zero-order chi connectivity index (χ0) is 26.5. The second-order valence-electron chi connectivity index (χ2n) is 9.34. The fourth-order valence-corrected chi connectivity index (χ4v) is 4.68. The van der Waals surface area contributed by atoms with E-state index in [4.69, 9.17) is 4.42 Å². The fraction of sp³-hybridized carbons (Fsp3) is 0.333. The molecule has 196 valence electrons. The van der Waals surface area contributed by atoms with Crippen molar-refractivity contribution in [1.82, 2.24) is 35.4 Å². The summed E-state index contributed by atoms with van der Waals surface area (Å²) < 4.78 is 20.3. The fourth-order valence-electron chi connectivity index (χ4n) is 4.68. The highest BCUT2D eigenvalue weighted by Gasteiger charge is 2.34. The third kappa shape index (κ3) is 5.77. The topological polar surface area (TPSA) is 119 Å². The molecule has 1 aliphatic carbocycles. The number of pyridine rings is 1. The number of nitrogens with zero attached hydrogens (tertiary/aromatic N) is 6. The van der Waals surface area contributed by atoms with Crippen LogP contribution in [0.15, 0.2) is 65.3 Å². The van der Waals surface area contributed by atoms with Crippen LogP contribution < -0.4 is 5.32 Å². The van der Waals surface area contributed by atoms with E-state index in [1.54, 1.807) is 61.8 Å². The number of aryl methyl sites for hydroxylation is 1. The summed E-state index contributed by atoms with van der Waals surface area (Å²) in [5.74, 6) is 0.0785. The number of tetrazole rings is 1. The molecule has 11 heteroatoms. The summed E-state index contributed by atoms with van der Waals surface area (Å²) in [5, 5.41) is 15.3. The van der Waals surface area contributed by atoms with Gasteiger partial charge in [0.15, 0.2) is 5.76 Å². The number of furan rings is 1. The summed E-state index contributed by atoms with van der Waals surface area (Å²) in [6.07, 6.45) is 6.97. The number of carbonyl (C=O) groups excluding carboxylic acids is 2. The minimum atomic E-state index is -1.01. The van der Waals surface area contributed by atoms with Crippen molar-refractivity contribution < 1.29 is 18.4 Å². The Morgan fingerprint density at radius 3 is 2.61 bits per heavy atom. The number of carbonyl (C=O) groups is 2. The molecule has 2 amide bonds. The summed E-state index contributed by atoms with van der Waals surface area (Å²) in [5.41, 5.74) is 0.852. The van der Waals surface area contributed by atoms with Crippen molar-refractivity contribution in [2.75, 3.05) is 0 Å². The maximum Gasteiger partial charge on any atom is 0.247 e. The normalized spacial score (nSPS) is 14.4. The lowest BCUT2D eigenvalue weighted by Gasteiger charge is -2.32. The van der Waals surface area contributed by atoms with Crippen molar-refractivity contribution in [1.29, 1.82) is 0 Å². The van der Waals surface area contributed by atoms with Gasteiger partial charge in [0.2, 0.25) is 17.6 Å². The van der Waals surface area contributed by atoms with Crippen molar-refractivity contribution in [3.63, 3.8) is 0 Å². The first-order valence-corrected chi connectivity index (χ1v) is 12.6. The Labute approximate surface area is 218 Å². The molecule has 0 saturated heterocycles. The molecule has 1 aromatic carbocycles. The Bertz CT molecular complexity index is 1400. The van der Waals surface area contributed by atoms with Crippen molar-refractivity contribution in [2.24, 2.45) is 0 Å². The molecule has 10 nitrogen and oxygen atoms in total. The van der Waals surface area contributed by atoms with Gasteiger partial charge in [0, 0.05) is 30.5 Å². The summed E-state index contributed by atoms with van der Waals surface area (Å²) >= 11 is 0. The molecule has 3 heterocycles. The average Bonchev–Trinajstić information content (AvgIpc) is 3.68. The molecule has 0 bridgehead atoms. The zero-order valence-electron chi connectivity index (χ0n) is 21.0. The third-order valence-electron chi connectivity index (χ3n) is 6.59. The van der Waals surface area contributed by atoms with Gasteiger partial charge < -0.3 is 14.6 Å².